The van der Waals surface area contributed by atoms with Gasteiger partial charge < -0.3 is 10.1 Å². The average Bonchev–Trinajstić information content (AvgIpc) is 3.08. The lowest BCUT2D eigenvalue weighted by Gasteiger charge is -2.38. The van der Waals surface area contributed by atoms with Crippen molar-refractivity contribution < 1.29 is 4.74 Å². The zero-order valence-corrected chi connectivity index (χ0v) is 11.8. The molecule has 1 aliphatic heterocycles. The molecule has 1 saturated carbocycles. The van der Waals surface area contributed by atoms with E-state index in [-0.39, 0.29) is 5.60 Å². The molecule has 0 amide bonds. The van der Waals surface area contributed by atoms with Crippen molar-refractivity contribution in [2.45, 2.75) is 77.4 Å². The van der Waals surface area contributed by atoms with Gasteiger partial charge in [0.05, 0.1) is 5.60 Å². The van der Waals surface area contributed by atoms with Crippen molar-refractivity contribution in [2.24, 2.45) is 5.41 Å². The van der Waals surface area contributed by atoms with E-state index in [1.54, 1.807) is 0 Å². The second kappa shape index (κ2) is 5.27. The highest BCUT2D eigenvalue weighted by atomic mass is 16.5. The first-order valence-corrected chi connectivity index (χ1v) is 7.49. The maximum Gasteiger partial charge on any atom is 0.0666 e. The van der Waals surface area contributed by atoms with Gasteiger partial charge in [0, 0.05) is 19.2 Å². The van der Waals surface area contributed by atoms with Crippen LogP contribution in [0.25, 0.3) is 0 Å². The van der Waals surface area contributed by atoms with E-state index < -0.39 is 0 Å². The molecule has 0 aromatic heterocycles. The summed E-state index contributed by atoms with van der Waals surface area (Å²) in [7, 11) is 0. The van der Waals surface area contributed by atoms with Crippen LogP contribution in [0.1, 0.15) is 65.7 Å². The molecule has 0 aromatic carbocycles. The van der Waals surface area contributed by atoms with E-state index in [0.717, 1.165) is 13.0 Å². The zero-order valence-electron chi connectivity index (χ0n) is 11.8. The van der Waals surface area contributed by atoms with E-state index in [4.69, 9.17) is 4.74 Å². The lowest BCUT2D eigenvalue weighted by molar-refractivity contribution is -0.0783. The molecule has 2 nitrogen and oxygen atoms in total. The minimum absolute atomic E-state index is 0.122. The highest BCUT2D eigenvalue weighted by Crippen LogP contribution is 2.49. The topological polar surface area (TPSA) is 21.3 Å². The fraction of sp³-hybridized carbons (Fsp3) is 1.00. The normalized spacial score (nSPS) is 35.8. The van der Waals surface area contributed by atoms with Crippen LogP contribution in [0.4, 0.5) is 0 Å². The Hall–Kier alpha value is -0.0800. The Morgan fingerprint density at radius 2 is 2.06 bits per heavy atom. The molecule has 2 atom stereocenters. The first-order chi connectivity index (χ1) is 8.11. The summed E-state index contributed by atoms with van der Waals surface area (Å²) < 4.78 is 5.90. The summed E-state index contributed by atoms with van der Waals surface area (Å²) in [5.74, 6) is 0. The molecule has 1 aliphatic carbocycles. The second-order valence-electron chi connectivity index (χ2n) is 6.47. The highest BCUT2D eigenvalue weighted by molar-refractivity contribution is 4.96. The molecule has 0 bridgehead atoms. The first kappa shape index (κ1) is 13.4. The monoisotopic (exact) mass is 239 g/mol. The van der Waals surface area contributed by atoms with Crippen LogP contribution in [0.2, 0.25) is 0 Å². The molecule has 17 heavy (non-hydrogen) atoms. The quantitative estimate of drug-likeness (QED) is 0.766. The molecular formula is C15H29NO. The molecule has 2 unspecified atom stereocenters. The van der Waals surface area contributed by atoms with Gasteiger partial charge in [-0.05, 0) is 50.9 Å². The highest BCUT2D eigenvalue weighted by Gasteiger charge is 2.42. The van der Waals surface area contributed by atoms with Crippen LogP contribution in [-0.2, 0) is 4.74 Å². The fourth-order valence-corrected chi connectivity index (χ4v) is 3.13. The third-order valence-electron chi connectivity index (χ3n) is 4.85. The number of rotatable bonds is 6. The van der Waals surface area contributed by atoms with Gasteiger partial charge >= 0.3 is 0 Å². The molecule has 2 fully saturated rings. The Morgan fingerprint density at radius 1 is 1.29 bits per heavy atom. The summed E-state index contributed by atoms with van der Waals surface area (Å²) in [6.07, 6.45) is 9.15. The first-order valence-electron chi connectivity index (χ1n) is 7.49. The maximum absolute atomic E-state index is 5.90. The van der Waals surface area contributed by atoms with Gasteiger partial charge in [-0.15, -0.1) is 0 Å². The molecule has 1 saturated heterocycles. The molecular weight excluding hydrogens is 210 g/mol. The minimum Gasteiger partial charge on any atom is -0.375 e. The second-order valence-corrected chi connectivity index (χ2v) is 6.47. The average molecular weight is 239 g/mol. The fourth-order valence-electron chi connectivity index (χ4n) is 3.13. The van der Waals surface area contributed by atoms with E-state index in [1.807, 2.05) is 0 Å². The van der Waals surface area contributed by atoms with Gasteiger partial charge in [-0.3, -0.25) is 0 Å². The van der Waals surface area contributed by atoms with Gasteiger partial charge in [0.25, 0.3) is 0 Å². The van der Waals surface area contributed by atoms with Crippen molar-refractivity contribution in [1.29, 1.82) is 0 Å². The number of hydrogen-bond donors (Lipinski definition) is 1. The number of ether oxygens (including phenoxy) is 1. The van der Waals surface area contributed by atoms with Crippen LogP contribution >= 0.6 is 0 Å². The summed E-state index contributed by atoms with van der Waals surface area (Å²) in [6.45, 7) is 8.98. The third kappa shape index (κ3) is 3.45. The van der Waals surface area contributed by atoms with Crippen molar-refractivity contribution in [3.05, 3.63) is 0 Å². The Morgan fingerprint density at radius 3 is 2.65 bits per heavy atom. The molecule has 100 valence electrons. The van der Waals surface area contributed by atoms with Gasteiger partial charge in [0.2, 0.25) is 0 Å². The Bertz CT molecular complexity index is 249. The smallest absolute Gasteiger partial charge is 0.0666 e. The van der Waals surface area contributed by atoms with Crippen LogP contribution < -0.4 is 5.32 Å². The van der Waals surface area contributed by atoms with Gasteiger partial charge in [-0.2, -0.15) is 0 Å². The number of nitrogens with one attached hydrogen (secondary N) is 1. The Balaban J connectivity index is 1.76. The van der Waals surface area contributed by atoms with Crippen LogP contribution in [0, 0.1) is 5.41 Å². The van der Waals surface area contributed by atoms with Crippen molar-refractivity contribution in [3.8, 4) is 0 Å². The molecule has 0 aromatic rings. The van der Waals surface area contributed by atoms with E-state index in [0.29, 0.717) is 11.5 Å². The molecule has 1 N–H and O–H groups in total. The molecule has 1 heterocycles. The maximum atomic E-state index is 5.90. The SMILES string of the molecule is CCCC1(CNC2CCOC(C)(CC)C2)CC1. The van der Waals surface area contributed by atoms with E-state index in [9.17, 15) is 0 Å². The van der Waals surface area contributed by atoms with Gasteiger partial charge in [0.1, 0.15) is 0 Å². The largest absolute Gasteiger partial charge is 0.375 e. The van der Waals surface area contributed by atoms with E-state index in [2.05, 4.69) is 26.1 Å². The molecule has 2 rings (SSSR count). The molecule has 0 radical (unpaired) electrons. The van der Waals surface area contributed by atoms with Crippen molar-refractivity contribution >= 4 is 0 Å². The lowest BCUT2D eigenvalue weighted by Crippen LogP contribution is -2.46. The summed E-state index contributed by atoms with van der Waals surface area (Å²) in [4.78, 5) is 0. The predicted molar refractivity (Wildman–Crippen MR) is 72.2 cm³/mol. The van der Waals surface area contributed by atoms with Crippen LogP contribution in [-0.4, -0.2) is 24.8 Å². The Kier molecular flexibility index (Phi) is 4.14. The van der Waals surface area contributed by atoms with Crippen molar-refractivity contribution in [3.63, 3.8) is 0 Å². The lowest BCUT2D eigenvalue weighted by atomic mass is 9.89. The van der Waals surface area contributed by atoms with Crippen molar-refractivity contribution in [2.75, 3.05) is 13.2 Å². The number of hydrogen-bond acceptors (Lipinski definition) is 2. The molecule has 2 heteroatoms. The third-order valence-corrected chi connectivity index (χ3v) is 4.85. The standard InChI is InChI=1S/C15H29NO/c1-4-7-15(8-9-15)12-16-13-6-10-17-14(3,5-2)11-13/h13,16H,4-12H2,1-3H3. The summed E-state index contributed by atoms with van der Waals surface area (Å²) in [6, 6.07) is 0.683. The van der Waals surface area contributed by atoms with Gasteiger partial charge in [-0.1, -0.05) is 20.3 Å². The van der Waals surface area contributed by atoms with E-state index >= 15 is 0 Å². The summed E-state index contributed by atoms with van der Waals surface area (Å²) >= 11 is 0. The zero-order chi connectivity index (χ0) is 12.4. The predicted octanol–water partition coefficient (Wildman–Crippen LogP) is 3.50. The van der Waals surface area contributed by atoms with E-state index in [1.165, 1.54) is 45.1 Å². The molecule has 0 spiro atoms. The van der Waals surface area contributed by atoms with Crippen molar-refractivity contribution in [1.82, 2.24) is 5.32 Å². The van der Waals surface area contributed by atoms with Gasteiger partial charge in [0.15, 0.2) is 0 Å². The van der Waals surface area contributed by atoms with Crippen LogP contribution in [0.15, 0.2) is 0 Å². The van der Waals surface area contributed by atoms with Crippen LogP contribution in [0.5, 0.6) is 0 Å². The van der Waals surface area contributed by atoms with Gasteiger partial charge in [-0.25, -0.2) is 0 Å². The molecule has 2 aliphatic rings. The summed E-state index contributed by atoms with van der Waals surface area (Å²) in [5.41, 5.74) is 0.799. The minimum atomic E-state index is 0.122. The van der Waals surface area contributed by atoms with Crippen LogP contribution in [0.3, 0.4) is 0 Å². The Labute approximate surface area is 107 Å². The summed E-state index contributed by atoms with van der Waals surface area (Å²) in [5, 5.41) is 3.82.